The molecule has 1 saturated heterocycles. The lowest BCUT2D eigenvalue weighted by Crippen LogP contribution is -2.42. The number of sulfonamides is 1. The summed E-state index contributed by atoms with van der Waals surface area (Å²) in [7, 11) is -2.35. The quantitative estimate of drug-likeness (QED) is 0.301. The standard InChI is InChI=1S/C25H29F3N8O3S/c1-36(40(2,38)39)22-17(6-4-10-30-22)14-31-21-20(25(26,27)28)15-32-24(35-21)34-19-7-3-5-16(13-19)23(37)33-18-8-11-29-12-9-18/h3-7,10,13,15,18,29H,8-9,11-12,14H2,1-2H3,(H,33,37)(H2,31,32,34,35). The summed E-state index contributed by atoms with van der Waals surface area (Å²) in [5.41, 5.74) is 0.0279. The summed E-state index contributed by atoms with van der Waals surface area (Å²) >= 11 is 0. The summed E-state index contributed by atoms with van der Waals surface area (Å²) in [6.45, 7) is 1.45. The molecular weight excluding hydrogens is 549 g/mol. The van der Waals surface area contributed by atoms with Crippen LogP contribution in [-0.2, 0) is 22.7 Å². The lowest BCUT2D eigenvalue weighted by atomic mass is 10.1. The number of amides is 1. The number of pyridine rings is 1. The minimum atomic E-state index is -4.76. The van der Waals surface area contributed by atoms with Crippen molar-refractivity contribution in [1.29, 1.82) is 0 Å². The fourth-order valence-corrected chi connectivity index (χ4v) is 4.55. The number of nitrogens with zero attached hydrogens (tertiary/aromatic N) is 4. The smallest absolute Gasteiger partial charge is 0.365 e. The number of aromatic nitrogens is 3. The van der Waals surface area contributed by atoms with E-state index in [4.69, 9.17) is 0 Å². The molecule has 11 nitrogen and oxygen atoms in total. The predicted molar refractivity (Wildman–Crippen MR) is 145 cm³/mol. The molecule has 2 aromatic heterocycles. The van der Waals surface area contributed by atoms with Crippen LogP contribution in [0.5, 0.6) is 0 Å². The van der Waals surface area contributed by atoms with Gasteiger partial charge >= 0.3 is 6.18 Å². The van der Waals surface area contributed by atoms with Gasteiger partial charge in [-0.05, 0) is 50.2 Å². The highest BCUT2D eigenvalue weighted by molar-refractivity contribution is 7.92. The number of alkyl halides is 3. The van der Waals surface area contributed by atoms with Gasteiger partial charge in [-0.25, -0.2) is 18.4 Å². The molecule has 1 aliphatic heterocycles. The van der Waals surface area contributed by atoms with Gasteiger partial charge in [0.2, 0.25) is 16.0 Å². The number of hydrogen-bond acceptors (Lipinski definition) is 9. The zero-order valence-corrected chi connectivity index (χ0v) is 22.6. The number of carbonyl (C=O) groups excluding carboxylic acids is 1. The third-order valence-corrected chi connectivity index (χ3v) is 7.43. The zero-order valence-electron chi connectivity index (χ0n) is 21.8. The van der Waals surface area contributed by atoms with E-state index < -0.39 is 27.6 Å². The minimum Gasteiger partial charge on any atom is -0.365 e. The first-order chi connectivity index (χ1) is 18.9. The van der Waals surface area contributed by atoms with Gasteiger partial charge in [0.1, 0.15) is 17.2 Å². The van der Waals surface area contributed by atoms with E-state index in [1.165, 1.54) is 13.2 Å². The van der Waals surface area contributed by atoms with Crippen molar-refractivity contribution in [2.45, 2.75) is 31.6 Å². The average Bonchev–Trinajstić information content (AvgIpc) is 2.91. The van der Waals surface area contributed by atoms with E-state index in [1.807, 2.05) is 0 Å². The highest BCUT2D eigenvalue weighted by Crippen LogP contribution is 2.34. The van der Waals surface area contributed by atoms with Gasteiger partial charge in [-0.2, -0.15) is 18.2 Å². The van der Waals surface area contributed by atoms with Crippen molar-refractivity contribution in [2.24, 2.45) is 0 Å². The molecule has 0 unspecified atom stereocenters. The van der Waals surface area contributed by atoms with E-state index in [0.29, 0.717) is 23.0 Å². The molecule has 3 heterocycles. The molecule has 4 rings (SSSR count). The second kappa shape index (κ2) is 12.0. The number of nitrogens with one attached hydrogen (secondary N) is 4. The van der Waals surface area contributed by atoms with Crippen LogP contribution >= 0.6 is 0 Å². The zero-order chi connectivity index (χ0) is 28.9. The van der Waals surface area contributed by atoms with Crippen LogP contribution < -0.4 is 25.6 Å². The molecule has 0 saturated carbocycles. The molecule has 0 radical (unpaired) electrons. The van der Waals surface area contributed by atoms with E-state index in [9.17, 15) is 26.4 Å². The van der Waals surface area contributed by atoms with Gasteiger partial charge in [0, 0.05) is 48.8 Å². The number of anilines is 4. The van der Waals surface area contributed by atoms with E-state index in [0.717, 1.165) is 36.5 Å². The predicted octanol–water partition coefficient (Wildman–Crippen LogP) is 3.12. The Kier molecular flexibility index (Phi) is 8.73. The molecule has 1 aliphatic rings. The maximum Gasteiger partial charge on any atom is 0.421 e. The Morgan fingerprint density at radius 1 is 1.15 bits per heavy atom. The first-order valence-corrected chi connectivity index (χ1v) is 14.2. The van der Waals surface area contributed by atoms with Gasteiger partial charge < -0.3 is 21.3 Å². The second-order valence-electron chi connectivity index (χ2n) is 9.23. The Bertz CT molecular complexity index is 1460. The molecule has 1 aromatic carbocycles. The highest BCUT2D eigenvalue weighted by atomic mass is 32.2. The third kappa shape index (κ3) is 7.35. The van der Waals surface area contributed by atoms with Crippen molar-refractivity contribution in [3.05, 3.63) is 65.5 Å². The van der Waals surface area contributed by atoms with Crippen molar-refractivity contribution in [3.63, 3.8) is 0 Å². The highest BCUT2D eigenvalue weighted by Gasteiger charge is 2.35. The second-order valence-corrected chi connectivity index (χ2v) is 11.2. The SMILES string of the molecule is CN(c1ncccc1CNc1nc(Nc2cccc(C(=O)NC3CCNCC3)c2)ncc1C(F)(F)F)S(C)(=O)=O. The molecule has 1 fully saturated rings. The number of hydrogen-bond donors (Lipinski definition) is 4. The topological polar surface area (TPSA) is 141 Å². The number of carbonyl (C=O) groups is 1. The summed E-state index contributed by atoms with van der Waals surface area (Å²) in [5, 5.41) is 11.7. The molecule has 0 aliphatic carbocycles. The van der Waals surface area contributed by atoms with Crippen LogP contribution in [0, 0.1) is 0 Å². The fraction of sp³-hybridized carbons (Fsp3) is 0.360. The first-order valence-electron chi connectivity index (χ1n) is 12.4. The van der Waals surface area contributed by atoms with Gasteiger partial charge in [-0.15, -0.1) is 0 Å². The molecule has 3 aromatic rings. The Balaban J connectivity index is 1.54. The Morgan fingerprint density at radius 3 is 2.60 bits per heavy atom. The summed E-state index contributed by atoms with van der Waals surface area (Å²) in [6.07, 6.45) is -0.0783. The number of rotatable bonds is 9. The Labute approximate surface area is 229 Å². The Hall–Kier alpha value is -3.98. The lowest BCUT2D eigenvalue weighted by Gasteiger charge is -2.23. The lowest BCUT2D eigenvalue weighted by molar-refractivity contribution is -0.137. The third-order valence-electron chi connectivity index (χ3n) is 6.26. The number of benzene rings is 1. The van der Waals surface area contributed by atoms with Gasteiger partial charge in [0.25, 0.3) is 5.91 Å². The molecule has 0 spiro atoms. The van der Waals surface area contributed by atoms with E-state index in [2.05, 4.69) is 36.2 Å². The van der Waals surface area contributed by atoms with Crippen molar-refractivity contribution >= 4 is 39.2 Å². The summed E-state index contributed by atoms with van der Waals surface area (Å²) in [4.78, 5) is 24.6. The van der Waals surface area contributed by atoms with Crippen LogP contribution in [0.1, 0.15) is 34.3 Å². The van der Waals surface area contributed by atoms with Gasteiger partial charge in [0.15, 0.2) is 0 Å². The van der Waals surface area contributed by atoms with Crippen molar-refractivity contribution in [2.75, 3.05) is 41.3 Å². The summed E-state index contributed by atoms with van der Waals surface area (Å²) in [5.74, 6) is -0.830. The van der Waals surface area contributed by atoms with E-state index in [1.54, 1.807) is 36.4 Å². The largest absolute Gasteiger partial charge is 0.421 e. The van der Waals surface area contributed by atoms with Crippen LogP contribution in [0.4, 0.5) is 36.4 Å². The average molecular weight is 579 g/mol. The fourth-order valence-electron chi connectivity index (χ4n) is 4.07. The van der Waals surface area contributed by atoms with Crippen LogP contribution in [0.15, 0.2) is 48.8 Å². The maximum atomic E-state index is 13.7. The van der Waals surface area contributed by atoms with Crippen LogP contribution in [-0.4, -0.2) is 61.7 Å². The molecule has 0 bridgehead atoms. The number of halogens is 3. The minimum absolute atomic E-state index is 0.0646. The van der Waals surface area contributed by atoms with E-state index >= 15 is 0 Å². The molecule has 4 N–H and O–H groups in total. The molecule has 40 heavy (non-hydrogen) atoms. The van der Waals surface area contributed by atoms with Crippen LogP contribution in [0.2, 0.25) is 0 Å². The van der Waals surface area contributed by atoms with Crippen molar-refractivity contribution < 1.29 is 26.4 Å². The van der Waals surface area contributed by atoms with E-state index in [-0.39, 0.29) is 30.3 Å². The molecule has 0 atom stereocenters. The van der Waals surface area contributed by atoms with Crippen LogP contribution in [0.3, 0.4) is 0 Å². The molecule has 214 valence electrons. The van der Waals surface area contributed by atoms with Crippen LogP contribution in [0.25, 0.3) is 0 Å². The number of piperidine rings is 1. The first kappa shape index (κ1) is 29.0. The van der Waals surface area contributed by atoms with Gasteiger partial charge in [0.05, 0.1) is 6.26 Å². The monoisotopic (exact) mass is 578 g/mol. The summed E-state index contributed by atoms with van der Waals surface area (Å²) < 4.78 is 66.1. The van der Waals surface area contributed by atoms with Gasteiger partial charge in [-0.3, -0.25) is 9.10 Å². The van der Waals surface area contributed by atoms with Gasteiger partial charge in [-0.1, -0.05) is 12.1 Å². The molecular formula is C25H29F3N8O3S. The molecule has 15 heteroatoms. The maximum absolute atomic E-state index is 13.7. The summed E-state index contributed by atoms with van der Waals surface area (Å²) in [6, 6.07) is 9.64. The molecule has 1 amide bonds. The normalized spacial score (nSPS) is 14.4. The van der Waals surface area contributed by atoms with Crippen molar-refractivity contribution in [1.82, 2.24) is 25.6 Å². The van der Waals surface area contributed by atoms with Crippen molar-refractivity contribution in [3.8, 4) is 0 Å². The Morgan fingerprint density at radius 2 is 1.90 bits per heavy atom.